The first-order valence-corrected chi connectivity index (χ1v) is 3.38. The molecule has 0 nitrogen and oxygen atoms in total. The third-order valence-electron chi connectivity index (χ3n) is 0.638. The highest BCUT2D eigenvalue weighted by atomic mass is 13.9. The fourth-order valence-electron chi connectivity index (χ4n) is 0.333. The van der Waals surface area contributed by atoms with Crippen LogP contribution in [-0.2, 0) is 0 Å². The second-order valence-electron chi connectivity index (χ2n) is 1.92. The summed E-state index contributed by atoms with van der Waals surface area (Å²) in [7, 11) is 0. The van der Waals surface area contributed by atoms with Gasteiger partial charge in [-0.15, -0.1) is 6.58 Å². The Labute approximate surface area is 53.6 Å². The van der Waals surface area contributed by atoms with Crippen molar-refractivity contribution >= 4 is 0 Å². The van der Waals surface area contributed by atoms with E-state index in [4.69, 9.17) is 0 Å². The number of hydrogen-bond acceptors (Lipinski definition) is 0. The minimum absolute atomic E-state index is 0.780. The van der Waals surface area contributed by atoms with Gasteiger partial charge < -0.3 is 0 Å². The van der Waals surface area contributed by atoms with E-state index in [0.717, 1.165) is 12.3 Å². The summed E-state index contributed by atoms with van der Waals surface area (Å²) in [5, 5.41) is 0. The monoisotopic (exact) mass is 114 g/mol. The summed E-state index contributed by atoms with van der Waals surface area (Å²) in [5.74, 6) is 0.780. The van der Waals surface area contributed by atoms with Crippen molar-refractivity contribution in [2.75, 3.05) is 0 Å². The molecule has 0 amide bonds. The van der Waals surface area contributed by atoms with Gasteiger partial charge >= 0.3 is 0 Å². The van der Waals surface area contributed by atoms with E-state index in [2.05, 4.69) is 20.4 Å². The highest BCUT2D eigenvalue weighted by Crippen LogP contribution is 1.96. The molecular formula is C8H18. The van der Waals surface area contributed by atoms with Crippen LogP contribution in [0.5, 0.6) is 0 Å². The molecule has 50 valence electrons. The summed E-state index contributed by atoms with van der Waals surface area (Å²) < 4.78 is 0. The topological polar surface area (TPSA) is 0 Å². The first-order chi connectivity index (χ1) is 3.77. The van der Waals surface area contributed by atoms with Gasteiger partial charge in [0, 0.05) is 0 Å². The van der Waals surface area contributed by atoms with Crippen LogP contribution in [0.25, 0.3) is 0 Å². The first kappa shape index (κ1) is 10.7. The van der Waals surface area contributed by atoms with Crippen LogP contribution in [0.3, 0.4) is 0 Å². The lowest BCUT2D eigenvalue weighted by molar-refractivity contribution is 0.664. The number of hydrogen-bond donors (Lipinski definition) is 0. The quantitative estimate of drug-likeness (QED) is 0.483. The minimum Gasteiger partial charge on any atom is -0.103 e. The van der Waals surface area contributed by atoms with Crippen molar-refractivity contribution < 1.29 is 0 Å². The van der Waals surface area contributed by atoms with Crippen molar-refractivity contribution in [2.45, 2.75) is 34.1 Å². The molecule has 0 fully saturated rings. The van der Waals surface area contributed by atoms with Crippen LogP contribution in [-0.4, -0.2) is 0 Å². The van der Waals surface area contributed by atoms with Crippen molar-refractivity contribution in [3.63, 3.8) is 0 Å². The summed E-state index contributed by atoms with van der Waals surface area (Å²) >= 11 is 0. The zero-order chi connectivity index (χ0) is 6.99. The molecule has 0 aliphatic carbocycles. The molecule has 0 bridgehead atoms. The Kier molecular flexibility index (Phi) is 13.2. The molecule has 0 rings (SSSR count). The lowest BCUT2D eigenvalue weighted by Crippen LogP contribution is -1.78. The van der Waals surface area contributed by atoms with E-state index >= 15 is 0 Å². The molecule has 0 aromatic rings. The standard InChI is InChI=1S/C6H12.C2H6/c1-4-5-6(2)3;1-2/h4,6H,1,5H2,2-3H3;1-2H3. The Balaban J connectivity index is 0. The second-order valence-corrected chi connectivity index (χ2v) is 1.92. The van der Waals surface area contributed by atoms with Crippen molar-refractivity contribution in [1.82, 2.24) is 0 Å². The third kappa shape index (κ3) is 17.2. The minimum atomic E-state index is 0.780. The SMILES string of the molecule is C=CCC(C)C.CC. The molecule has 0 aliphatic rings. The Hall–Kier alpha value is -0.260. The van der Waals surface area contributed by atoms with E-state index in [-0.39, 0.29) is 0 Å². The largest absolute Gasteiger partial charge is 0.103 e. The van der Waals surface area contributed by atoms with Gasteiger partial charge in [0.15, 0.2) is 0 Å². The molecule has 0 spiro atoms. The lowest BCUT2D eigenvalue weighted by atomic mass is 10.1. The predicted octanol–water partition coefficient (Wildman–Crippen LogP) is 3.24. The second kappa shape index (κ2) is 9.88. The van der Waals surface area contributed by atoms with Crippen LogP contribution >= 0.6 is 0 Å². The molecule has 0 unspecified atom stereocenters. The molecule has 0 saturated carbocycles. The van der Waals surface area contributed by atoms with Crippen molar-refractivity contribution in [2.24, 2.45) is 5.92 Å². The van der Waals surface area contributed by atoms with E-state index in [1.165, 1.54) is 0 Å². The maximum Gasteiger partial charge on any atom is -0.0330 e. The van der Waals surface area contributed by atoms with E-state index in [1.54, 1.807) is 0 Å². The van der Waals surface area contributed by atoms with Crippen LogP contribution < -0.4 is 0 Å². The zero-order valence-corrected chi connectivity index (χ0v) is 6.57. The fraction of sp³-hybridized carbons (Fsp3) is 0.750. The van der Waals surface area contributed by atoms with Crippen LogP contribution in [0.4, 0.5) is 0 Å². The van der Waals surface area contributed by atoms with Crippen molar-refractivity contribution in [1.29, 1.82) is 0 Å². The van der Waals surface area contributed by atoms with Gasteiger partial charge in [0.05, 0.1) is 0 Å². The number of allylic oxidation sites excluding steroid dienone is 1. The smallest absolute Gasteiger partial charge is 0.0330 e. The molecular weight excluding hydrogens is 96.1 g/mol. The van der Waals surface area contributed by atoms with Gasteiger partial charge in [-0.05, 0) is 12.3 Å². The molecule has 0 radical (unpaired) electrons. The normalized spacial score (nSPS) is 7.62. The highest BCUT2D eigenvalue weighted by molar-refractivity contribution is 4.67. The van der Waals surface area contributed by atoms with Crippen LogP contribution in [0, 0.1) is 5.92 Å². The van der Waals surface area contributed by atoms with Crippen LogP contribution in [0.1, 0.15) is 34.1 Å². The van der Waals surface area contributed by atoms with Gasteiger partial charge in [0.2, 0.25) is 0 Å². The predicted molar refractivity (Wildman–Crippen MR) is 41.0 cm³/mol. The molecule has 0 aromatic carbocycles. The van der Waals surface area contributed by atoms with Crippen LogP contribution in [0.15, 0.2) is 12.7 Å². The van der Waals surface area contributed by atoms with Crippen molar-refractivity contribution in [3.05, 3.63) is 12.7 Å². The Bertz CT molecular complexity index is 35.3. The van der Waals surface area contributed by atoms with Gasteiger partial charge in [-0.1, -0.05) is 33.8 Å². The average Bonchev–Trinajstić information content (AvgIpc) is 1.72. The summed E-state index contributed by atoms with van der Waals surface area (Å²) in [6, 6.07) is 0. The maximum atomic E-state index is 3.60. The number of rotatable bonds is 2. The molecule has 0 heterocycles. The van der Waals surface area contributed by atoms with Gasteiger partial charge in [0.25, 0.3) is 0 Å². The molecule has 0 aliphatic heterocycles. The van der Waals surface area contributed by atoms with Gasteiger partial charge in [-0.2, -0.15) is 0 Å². The molecule has 0 aromatic heterocycles. The summed E-state index contributed by atoms with van der Waals surface area (Å²) in [6.07, 6.45) is 3.09. The lowest BCUT2D eigenvalue weighted by Gasteiger charge is -1.92. The molecule has 0 N–H and O–H groups in total. The van der Waals surface area contributed by atoms with Crippen molar-refractivity contribution in [3.8, 4) is 0 Å². The Morgan fingerprint density at radius 1 is 1.38 bits per heavy atom. The average molecular weight is 114 g/mol. The van der Waals surface area contributed by atoms with E-state index in [1.807, 2.05) is 19.9 Å². The molecule has 0 saturated heterocycles. The van der Waals surface area contributed by atoms with E-state index in [0.29, 0.717) is 0 Å². The zero-order valence-electron chi connectivity index (χ0n) is 6.57. The molecule has 0 heteroatoms. The van der Waals surface area contributed by atoms with E-state index in [9.17, 15) is 0 Å². The highest BCUT2D eigenvalue weighted by Gasteiger charge is 1.82. The summed E-state index contributed by atoms with van der Waals surface area (Å²) in [5.41, 5.74) is 0. The van der Waals surface area contributed by atoms with Gasteiger partial charge in [-0.25, -0.2) is 0 Å². The summed E-state index contributed by atoms with van der Waals surface area (Å²) in [6.45, 7) is 12.0. The summed E-state index contributed by atoms with van der Waals surface area (Å²) in [4.78, 5) is 0. The van der Waals surface area contributed by atoms with Crippen LogP contribution in [0.2, 0.25) is 0 Å². The first-order valence-electron chi connectivity index (χ1n) is 3.38. The molecule has 8 heavy (non-hydrogen) atoms. The maximum absolute atomic E-state index is 3.60. The fourth-order valence-corrected chi connectivity index (χ4v) is 0.333. The molecule has 0 atom stereocenters. The van der Waals surface area contributed by atoms with E-state index < -0.39 is 0 Å². The Morgan fingerprint density at radius 2 is 1.75 bits per heavy atom. The Morgan fingerprint density at radius 3 is 1.75 bits per heavy atom. The third-order valence-corrected chi connectivity index (χ3v) is 0.638. The van der Waals surface area contributed by atoms with Gasteiger partial charge in [-0.3, -0.25) is 0 Å². The van der Waals surface area contributed by atoms with Gasteiger partial charge in [0.1, 0.15) is 0 Å².